The number of benzene rings is 1. The van der Waals surface area contributed by atoms with Gasteiger partial charge in [-0.2, -0.15) is 0 Å². The third-order valence-corrected chi connectivity index (χ3v) is 2.94. The Hall–Kier alpha value is -1.85. The third-order valence-electron chi connectivity index (χ3n) is 2.71. The number of hydrogen-bond acceptors (Lipinski definition) is 5. The van der Waals surface area contributed by atoms with Crippen molar-refractivity contribution >= 4 is 17.3 Å². The lowest BCUT2D eigenvalue weighted by Gasteiger charge is -2.13. The van der Waals surface area contributed by atoms with Crippen molar-refractivity contribution in [3.8, 4) is 16.9 Å². The minimum absolute atomic E-state index is 0.0380. The molecule has 0 radical (unpaired) electrons. The molecule has 2 aromatic rings. The van der Waals surface area contributed by atoms with E-state index in [2.05, 4.69) is 0 Å². The van der Waals surface area contributed by atoms with Gasteiger partial charge in [-0.15, -0.1) is 0 Å². The third kappa shape index (κ3) is 2.47. The van der Waals surface area contributed by atoms with Crippen LogP contribution in [0.4, 0.5) is 5.69 Å². The van der Waals surface area contributed by atoms with Crippen LogP contribution >= 0.6 is 11.6 Å². The second-order valence-corrected chi connectivity index (χ2v) is 4.37. The van der Waals surface area contributed by atoms with E-state index in [9.17, 15) is 9.59 Å². The summed E-state index contributed by atoms with van der Waals surface area (Å²) in [5.41, 5.74) is 4.91. The Labute approximate surface area is 114 Å². The van der Waals surface area contributed by atoms with Crippen molar-refractivity contribution in [1.82, 2.24) is 0 Å². The maximum Gasteiger partial charge on any atom is 0.249 e. The second kappa shape index (κ2) is 5.42. The van der Waals surface area contributed by atoms with E-state index in [1.54, 1.807) is 25.3 Å². The van der Waals surface area contributed by atoms with Gasteiger partial charge < -0.3 is 15.2 Å². The second-order valence-electron chi connectivity index (χ2n) is 3.93. The van der Waals surface area contributed by atoms with Gasteiger partial charge in [0.1, 0.15) is 12.4 Å². The summed E-state index contributed by atoms with van der Waals surface area (Å²) >= 11 is 5.89. The van der Waals surface area contributed by atoms with E-state index in [-0.39, 0.29) is 11.3 Å². The van der Waals surface area contributed by atoms with Crippen LogP contribution < -0.4 is 21.3 Å². The van der Waals surface area contributed by atoms with Crippen molar-refractivity contribution in [2.45, 2.75) is 0 Å². The van der Waals surface area contributed by atoms with Crippen LogP contribution in [0.1, 0.15) is 0 Å². The summed E-state index contributed by atoms with van der Waals surface area (Å²) in [6, 6.07) is 4.79. The quantitative estimate of drug-likeness (QED) is 0.658. The highest BCUT2D eigenvalue weighted by atomic mass is 35.5. The highest BCUT2D eigenvalue weighted by Crippen LogP contribution is 2.33. The highest BCUT2D eigenvalue weighted by Gasteiger charge is 2.22. The maximum absolute atomic E-state index is 11.5. The van der Waals surface area contributed by atoms with E-state index in [4.69, 9.17) is 26.8 Å². The normalized spacial score (nSPS) is 10.8. The molecular formula is C13H12ClNO4. The molecule has 5 nitrogen and oxygen atoms in total. The number of halogens is 1. The molecule has 0 heterocycles. The molecule has 0 aliphatic carbocycles. The van der Waals surface area contributed by atoms with Crippen molar-refractivity contribution in [1.29, 1.82) is 0 Å². The molecule has 0 aliphatic heterocycles. The van der Waals surface area contributed by atoms with Crippen LogP contribution in [0.25, 0.3) is 11.1 Å². The van der Waals surface area contributed by atoms with Gasteiger partial charge in [-0.05, 0) is 18.2 Å². The summed E-state index contributed by atoms with van der Waals surface area (Å²) in [6.07, 6.45) is 0. The lowest BCUT2D eigenvalue weighted by Crippen LogP contribution is -2.35. The van der Waals surface area contributed by atoms with E-state index in [1.165, 1.54) is 0 Å². The molecule has 100 valence electrons. The summed E-state index contributed by atoms with van der Waals surface area (Å²) in [5, 5.41) is 0.466. The zero-order chi connectivity index (χ0) is 14.0. The highest BCUT2D eigenvalue weighted by molar-refractivity contribution is 6.30. The minimum Gasteiger partial charge on any atom is -0.490 e. The first-order valence-corrected chi connectivity index (χ1v) is 5.94. The Morgan fingerprint density at radius 2 is 1.95 bits per heavy atom. The fourth-order valence-electron chi connectivity index (χ4n) is 1.73. The Bertz CT molecular complexity index is 674. The monoisotopic (exact) mass is 281 g/mol. The molecule has 2 rings (SSSR count). The summed E-state index contributed by atoms with van der Waals surface area (Å²) in [7, 11) is 1.55. The summed E-state index contributed by atoms with van der Waals surface area (Å²) in [6.45, 7) is 0.701. The Morgan fingerprint density at radius 1 is 1.21 bits per heavy atom. The topological polar surface area (TPSA) is 78.6 Å². The van der Waals surface area contributed by atoms with Crippen LogP contribution in [0, 0.1) is 0 Å². The fraction of sp³-hybridized carbons (Fsp3) is 0.231. The molecule has 0 saturated carbocycles. The van der Waals surface area contributed by atoms with Crippen molar-refractivity contribution in [3.05, 3.63) is 43.7 Å². The van der Waals surface area contributed by atoms with Gasteiger partial charge in [0.05, 0.1) is 17.9 Å². The minimum atomic E-state index is -0.659. The van der Waals surface area contributed by atoms with Gasteiger partial charge in [0, 0.05) is 17.7 Å². The largest absolute Gasteiger partial charge is 0.490 e. The maximum atomic E-state index is 11.5. The number of nitrogens with two attached hydrogens (primary N) is 1. The van der Waals surface area contributed by atoms with Gasteiger partial charge in [-0.3, -0.25) is 9.59 Å². The van der Waals surface area contributed by atoms with Crippen LogP contribution in [0.15, 0.2) is 27.8 Å². The zero-order valence-corrected chi connectivity index (χ0v) is 11.0. The molecule has 0 aliphatic rings. The predicted octanol–water partition coefficient (Wildman–Crippen LogP) is 1.21. The van der Waals surface area contributed by atoms with Gasteiger partial charge in [0.25, 0.3) is 0 Å². The molecule has 0 amide bonds. The van der Waals surface area contributed by atoms with Gasteiger partial charge >= 0.3 is 0 Å². The molecule has 0 fully saturated rings. The Kier molecular flexibility index (Phi) is 3.87. The summed E-state index contributed by atoms with van der Waals surface area (Å²) in [4.78, 5) is 22.7. The molecule has 2 N–H and O–H groups in total. The van der Waals surface area contributed by atoms with Crippen molar-refractivity contribution in [2.75, 3.05) is 26.1 Å². The van der Waals surface area contributed by atoms with Gasteiger partial charge in [-0.1, -0.05) is 11.6 Å². The summed E-state index contributed by atoms with van der Waals surface area (Å²) in [5.74, 6) is 0.406. The van der Waals surface area contributed by atoms with Crippen molar-refractivity contribution < 1.29 is 9.47 Å². The average Bonchev–Trinajstić information content (AvgIpc) is 2.41. The van der Waals surface area contributed by atoms with E-state index >= 15 is 0 Å². The van der Waals surface area contributed by atoms with Gasteiger partial charge in [0.2, 0.25) is 10.9 Å². The molecule has 0 unspecified atom stereocenters. The van der Waals surface area contributed by atoms with Crippen LogP contribution in [-0.2, 0) is 4.74 Å². The first kappa shape index (κ1) is 13.6. The zero-order valence-electron chi connectivity index (χ0n) is 10.2. The van der Waals surface area contributed by atoms with E-state index in [0.717, 1.165) is 0 Å². The van der Waals surface area contributed by atoms with Crippen LogP contribution in [-0.4, -0.2) is 20.3 Å². The van der Waals surface area contributed by atoms with E-state index in [0.29, 0.717) is 29.5 Å². The van der Waals surface area contributed by atoms with Crippen LogP contribution in [0.3, 0.4) is 0 Å². The number of nitrogen functional groups attached to an aromatic ring is 1. The Morgan fingerprint density at radius 3 is 2.58 bits per heavy atom. The molecule has 6 heteroatoms. The number of ether oxygens (including phenoxy) is 2. The van der Waals surface area contributed by atoms with E-state index < -0.39 is 10.9 Å². The van der Waals surface area contributed by atoms with E-state index in [1.807, 2.05) is 0 Å². The number of hydrogen-bond donors (Lipinski definition) is 1. The molecule has 19 heavy (non-hydrogen) atoms. The number of rotatable bonds is 5. The standard InChI is InChI=1S/C13H12ClNO4/c1-18-4-5-19-9-6-7(14)2-3-8(9)10-11(15)13(17)12(10)16/h2-3,6H,4-5,15H2,1H3. The molecule has 0 atom stereocenters. The van der Waals surface area contributed by atoms with Crippen molar-refractivity contribution in [2.24, 2.45) is 0 Å². The molecule has 0 bridgehead atoms. The first-order valence-electron chi connectivity index (χ1n) is 5.56. The SMILES string of the molecule is COCCOc1cc(Cl)ccc1-c1c(N)c(=O)c1=O. The Balaban J connectivity index is 2.40. The first-order chi connectivity index (χ1) is 9.06. The summed E-state index contributed by atoms with van der Waals surface area (Å²) < 4.78 is 10.4. The van der Waals surface area contributed by atoms with Crippen molar-refractivity contribution in [3.63, 3.8) is 0 Å². The molecule has 0 aromatic heterocycles. The van der Waals surface area contributed by atoms with Crippen LogP contribution in [0.5, 0.6) is 5.75 Å². The number of anilines is 1. The van der Waals surface area contributed by atoms with Gasteiger partial charge in [-0.25, -0.2) is 0 Å². The molecule has 0 saturated heterocycles. The van der Waals surface area contributed by atoms with Crippen LogP contribution in [0.2, 0.25) is 5.02 Å². The smallest absolute Gasteiger partial charge is 0.249 e. The molecule has 2 aromatic carbocycles. The van der Waals surface area contributed by atoms with Gasteiger partial charge in [0.15, 0.2) is 0 Å². The average molecular weight is 282 g/mol. The predicted molar refractivity (Wildman–Crippen MR) is 73.6 cm³/mol. The lowest BCUT2D eigenvalue weighted by molar-refractivity contribution is 0.146. The number of methoxy groups -OCH3 is 1. The molecular weight excluding hydrogens is 270 g/mol. The fourth-order valence-corrected chi connectivity index (χ4v) is 1.90. The molecule has 0 spiro atoms. The lowest BCUT2D eigenvalue weighted by atomic mass is 9.98.